The molecule has 108 valence electrons. The first-order valence-corrected chi connectivity index (χ1v) is 7.51. The van der Waals surface area contributed by atoms with Gasteiger partial charge >= 0.3 is 0 Å². The molecule has 1 atom stereocenters. The molecule has 2 heterocycles. The van der Waals surface area contributed by atoms with Crippen LogP contribution >= 0.6 is 12.4 Å². The van der Waals surface area contributed by atoms with Crippen molar-refractivity contribution < 1.29 is 8.42 Å². The molecule has 1 fully saturated rings. The van der Waals surface area contributed by atoms with E-state index in [1.165, 1.54) is 0 Å². The van der Waals surface area contributed by atoms with Crippen LogP contribution in [0.4, 0.5) is 0 Å². The van der Waals surface area contributed by atoms with E-state index in [2.05, 4.69) is 20.0 Å². The summed E-state index contributed by atoms with van der Waals surface area (Å²) in [7, 11) is -3.60. The largest absolute Gasteiger partial charge is 0.313 e. The molecule has 2 rings (SSSR count). The van der Waals surface area contributed by atoms with E-state index >= 15 is 0 Å². The van der Waals surface area contributed by atoms with Crippen LogP contribution in [-0.4, -0.2) is 37.5 Å². The van der Waals surface area contributed by atoms with Gasteiger partial charge in [0.1, 0.15) is 0 Å². The van der Waals surface area contributed by atoms with Crippen molar-refractivity contribution in [2.45, 2.75) is 37.9 Å². The van der Waals surface area contributed by atoms with Crippen LogP contribution < -0.4 is 10.0 Å². The smallest absolute Gasteiger partial charge is 0.276 e. The molecule has 19 heavy (non-hydrogen) atoms. The van der Waals surface area contributed by atoms with Gasteiger partial charge in [0.15, 0.2) is 0 Å². The molecule has 0 radical (unpaired) electrons. The number of hydrogen-bond acceptors (Lipinski definition) is 5. The molecule has 1 aromatic heterocycles. The molecule has 0 amide bonds. The minimum atomic E-state index is -3.60. The first kappa shape index (κ1) is 16.3. The van der Waals surface area contributed by atoms with Crippen LogP contribution in [0.2, 0.25) is 0 Å². The summed E-state index contributed by atoms with van der Waals surface area (Å²) in [6, 6.07) is 1.96. The van der Waals surface area contributed by atoms with Gasteiger partial charge in [-0.1, -0.05) is 0 Å². The summed E-state index contributed by atoms with van der Waals surface area (Å²) >= 11 is 0. The standard InChI is InChI=1S/C11H18N4O2S.ClH/c1-8-6-9(2)15-11(14-8)18(16,17)13-7-10-4-3-5-12-10;/h6,10,12-13H,3-5,7H2,1-2H3;1H. The van der Waals surface area contributed by atoms with Gasteiger partial charge in [0.2, 0.25) is 0 Å². The monoisotopic (exact) mass is 306 g/mol. The van der Waals surface area contributed by atoms with E-state index in [4.69, 9.17) is 0 Å². The number of aryl methyl sites for hydroxylation is 2. The minimum Gasteiger partial charge on any atom is -0.313 e. The molecule has 1 aromatic rings. The molecule has 1 unspecified atom stereocenters. The van der Waals surface area contributed by atoms with E-state index in [1.807, 2.05) is 0 Å². The van der Waals surface area contributed by atoms with Crippen molar-refractivity contribution in [3.05, 3.63) is 17.5 Å². The zero-order chi connectivity index (χ0) is 13.2. The second-order valence-corrected chi connectivity index (χ2v) is 6.24. The first-order chi connectivity index (χ1) is 8.47. The van der Waals surface area contributed by atoms with E-state index in [-0.39, 0.29) is 23.6 Å². The Morgan fingerprint density at radius 2 is 2.00 bits per heavy atom. The molecule has 0 aliphatic carbocycles. The topological polar surface area (TPSA) is 84.0 Å². The Bertz CT molecular complexity index is 509. The zero-order valence-corrected chi connectivity index (χ0v) is 12.6. The van der Waals surface area contributed by atoms with Gasteiger partial charge in [-0.25, -0.2) is 23.1 Å². The van der Waals surface area contributed by atoms with Crippen LogP contribution in [0.1, 0.15) is 24.2 Å². The Labute approximate surface area is 119 Å². The second kappa shape index (κ2) is 6.60. The van der Waals surface area contributed by atoms with Gasteiger partial charge in [-0.3, -0.25) is 0 Å². The fourth-order valence-corrected chi connectivity index (χ4v) is 3.10. The van der Waals surface area contributed by atoms with Crippen molar-refractivity contribution >= 4 is 22.4 Å². The van der Waals surface area contributed by atoms with Gasteiger partial charge in [0.25, 0.3) is 15.2 Å². The van der Waals surface area contributed by atoms with Crippen molar-refractivity contribution in [1.29, 1.82) is 0 Å². The summed E-state index contributed by atoms with van der Waals surface area (Å²) < 4.78 is 26.6. The van der Waals surface area contributed by atoms with E-state index in [0.29, 0.717) is 17.9 Å². The SMILES string of the molecule is Cc1cc(C)nc(S(=O)(=O)NCC2CCCN2)n1.Cl. The molecule has 8 heteroatoms. The average Bonchev–Trinajstić information content (AvgIpc) is 2.78. The molecule has 1 aliphatic heterocycles. The lowest BCUT2D eigenvalue weighted by molar-refractivity contribution is 0.544. The Balaban J connectivity index is 0.00000180. The van der Waals surface area contributed by atoms with E-state index < -0.39 is 10.0 Å². The maximum atomic E-state index is 12.0. The fourth-order valence-electron chi connectivity index (χ4n) is 2.02. The summed E-state index contributed by atoms with van der Waals surface area (Å²) in [5, 5.41) is 3.09. The predicted molar refractivity (Wildman–Crippen MR) is 75.0 cm³/mol. The second-order valence-electron chi connectivity index (χ2n) is 4.58. The summed E-state index contributed by atoms with van der Waals surface area (Å²) in [5.74, 6) is 0. The van der Waals surface area contributed by atoms with Crippen molar-refractivity contribution in [3.8, 4) is 0 Å². The number of halogens is 1. The molecule has 0 aromatic carbocycles. The van der Waals surface area contributed by atoms with Gasteiger partial charge in [0, 0.05) is 24.0 Å². The molecular weight excluding hydrogens is 288 g/mol. The number of nitrogens with zero attached hydrogens (tertiary/aromatic N) is 2. The highest BCUT2D eigenvalue weighted by molar-refractivity contribution is 7.89. The van der Waals surface area contributed by atoms with Crippen LogP contribution in [0.15, 0.2) is 11.2 Å². The van der Waals surface area contributed by atoms with Crippen LogP contribution in [0.3, 0.4) is 0 Å². The lowest BCUT2D eigenvalue weighted by Crippen LogP contribution is -2.37. The Morgan fingerprint density at radius 3 is 2.53 bits per heavy atom. The molecule has 0 spiro atoms. The van der Waals surface area contributed by atoms with Gasteiger partial charge in [0.05, 0.1) is 0 Å². The van der Waals surface area contributed by atoms with Gasteiger partial charge in [-0.2, -0.15) is 0 Å². The number of nitrogens with one attached hydrogen (secondary N) is 2. The maximum absolute atomic E-state index is 12.0. The highest BCUT2D eigenvalue weighted by Gasteiger charge is 2.21. The van der Waals surface area contributed by atoms with E-state index in [1.54, 1.807) is 19.9 Å². The van der Waals surface area contributed by atoms with Crippen molar-refractivity contribution in [1.82, 2.24) is 20.0 Å². The third-order valence-corrected chi connectivity index (χ3v) is 4.09. The summed E-state index contributed by atoms with van der Waals surface area (Å²) in [4.78, 5) is 7.94. The molecule has 1 aliphatic rings. The highest BCUT2D eigenvalue weighted by Crippen LogP contribution is 2.07. The molecule has 6 nitrogen and oxygen atoms in total. The summed E-state index contributed by atoms with van der Waals surface area (Å²) in [5.41, 5.74) is 1.31. The molecular formula is C11H19ClN4O2S. The van der Waals surface area contributed by atoms with E-state index in [0.717, 1.165) is 19.4 Å². The number of rotatable bonds is 4. The van der Waals surface area contributed by atoms with Crippen LogP contribution in [0.25, 0.3) is 0 Å². The van der Waals surface area contributed by atoms with Crippen molar-refractivity contribution in [3.63, 3.8) is 0 Å². The van der Waals surface area contributed by atoms with E-state index in [9.17, 15) is 8.42 Å². The van der Waals surface area contributed by atoms with Crippen LogP contribution in [0, 0.1) is 13.8 Å². The fraction of sp³-hybridized carbons (Fsp3) is 0.636. The van der Waals surface area contributed by atoms with Crippen LogP contribution in [-0.2, 0) is 10.0 Å². The normalized spacial score (nSPS) is 19.2. The molecule has 0 saturated carbocycles. The summed E-state index contributed by atoms with van der Waals surface area (Å²) in [6.45, 7) is 4.85. The Morgan fingerprint density at radius 1 is 1.37 bits per heavy atom. The van der Waals surface area contributed by atoms with Crippen molar-refractivity contribution in [2.75, 3.05) is 13.1 Å². The molecule has 2 N–H and O–H groups in total. The third-order valence-electron chi connectivity index (χ3n) is 2.88. The van der Waals surface area contributed by atoms with Crippen molar-refractivity contribution in [2.24, 2.45) is 0 Å². The highest BCUT2D eigenvalue weighted by atomic mass is 35.5. The number of hydrogen-bond donors (Lipinski definition) is 2. The minimum absolute atomic E-state index is 0. The lowest BCUT2D eigenvalue weighted by atomic mass is 10.2. The quantitative estimate of drug-likeness (QED) is 0.794. The Hall–Kier alpha value is -0.760. The zero-order valence-electron chi connectivity index (χ0n) is 11.0. The lowest BCUT2D eigenvalue weighted by Gasteiger charge is -2.11. The summed E-state index contributed by atoms with van der Waals surface area (Å²) in [6.07, 6.45) is 2.09. The number of aromatic nitrogens is 2. The Kier molecular flexibility index (Phi) is 5.66. The average molecular weight is 307 g/mol. The van der Waals surface area contributed by atoms with Gasteiger partial charge < -0.3 is 5.32 Å². The molecule has 1 saturated heterocycles. The van der Waals surface area contributed by atoms with Crippen LogP contribution in [0.5, 0.6) is 0 Å². The maximum Gasteiger partial charge on any atom is 0.276 e. The predicted octanol–water partition coefficient (Wildman–Crippen LogP) is 0.546. The van der Waals surface area contributed by atoms with Gasteiger partial charge in [-0.15, -0.1) is 12.4 Å². The first-order valence-electron chi connectivity index (χ1n) is 6.03. The van der Waals surface area contributed by atoms with Gasteiger partial charge in [-0.05, 0) is 39.3 Å². The molecule has 0 bridgehead atoms. The number of sulfonamides is 1. The third kappa shape index (κ3) is 4.38.